The van der Waals surface area contributed by atoms with Crippen molar-refractivity contribution >= 4 is 27.5 Å². The van der Waals surface area contributed by atoms with Crippen LogP contribution >= 0.6 is 27.5 Å². The van der Waals surface area contributed by atoms with Crippen molar-refractivity contribution in [2.75, 3.05) is 0 Å². The highest BCUT2D eigenvalue weighted by Gasteiger charge is 2.10. The number of nitrogens with zero attached hydrogens (tertiary/aromatic N) is 1. The van der Waals surface area contributed by atoms with Crippen LogP contribution in [-0.4, -0.2) is 4.98 Å². The number of hydrogen-bond acceptors (Lipinski definition) is 1. The van der Waals surface area contributed by atoms with Crippen LogP contribution in [0, 0.1) is 5.82 Å². The molecule has 1 aromatic heterocycles. The van der Waals surface area contributed by atoms with Gasteiger partial charge in [0.15, 0.2) is 0 Å². The second-order valence-electron chi connectivity index (χ2n) is 3.28. The molecule has 1 heterocycles. The zero-order valence-corrected chi connectivity index (χ0v) is 10.6. The second kappa shape index (κ2) is 4.93. The second-order valence-corrected chi connectivity index (χ2v) is 4.20. The van der Waals surface area contributed by atoms with Crippen LogP contribution in [0.3, 0.4) is 0 Å². The molecule has 2 rings (SSSR count). The van der Waals surface area contributed by atoms with Crippen molar-refractivity contribution in [1.82, 2.24) is 4.98 Å². The van der Waals surface area contributed by atoms with Crippen molar-refractivity contribution < 1.29 is 4.39 Å². The van der Waals surface area contributed by atoms with Gasteiger partial charge in [-0.2, -0.15) is 0 Å². The molecule has 4 heteroatoms. The van der Waals surface area contributed by atoms with Crippen LogP contribution in [0.5, 0.6) is 0 Å². The van der Waals surface area contributed by atoms with Gasteiger partial charge in [0.1, 0.15) is 11.0 Å². The summed E-state index contributed by atoms with van der Waals surface area (Å²) in [6.45, 7) is 0. The molecule has 0 N–H and O–H groups in total. The van der Waals surface area contributed by atoms with Crippen LogP contribution in [0.25, 0.3) is 11.1 Å². The number of hydrogen-bond donors (Lipinski definition) is 0. The molecule has 0 saturated carbocycles. The van der Waals surface area contributed by atoms with Gasteiger partial charge in [0.05, 0.1) is 0 Å². The molecule has 0 spiro atoms. The maximum absolute atomic E-state index is 13.1. The van der Waals surface area contributed by atoms with Crippen LogP contribution in [0.4, 0.5) is 4.39 Å². The molecule has 16 heavy (non-hydrogen) atoms. The Balaban J connectivity index is 2.63. The van der Waals surface area contributed by atoms with E-state index in [0.29, 0.717) is 10.5 Å². The molecule has 0 aliphatic heterocycles. The fourth-order valence-corrected chi connectivity index (χ4v) is 2.29. The van der Waals surface area contributed by atoms with Gasteiger partial charge in [0.25, 0.3) is 0 Å². The third-order valence-electron chi connectivity index (χ3n) is 2.25. The van der Waals surface area contributed by atoms with Crippen LogP contribution < -0.4 is 0 Å². The average Bonchev–Trinajstić information content (AvgIpc) is 2.28. The number of pyridine rings is 1. The molecule has 2 aromatic rings. The quantitative estimate of drug-likeness (QED) is 0.590. The smallest absolute Gasteiger partial charge is 0.137 e. The molecule has 0 aliphatic carbocycles. The molecule has 0 unspecified atom stereocenters. The molecule has 1 nitrogen and oxygen atoms in total. The molecular formula is C12H8BrClFN. The van der Waals surface area contributed by atoms with Gasteiger partial charge in [-0.05, 0) is 29.3 Å². The lowest BCUT2D eigenvalue weighted by molar-refractivity contribution is 0.628. The first-order valence-corrected chi connectivity index (χ1v) is 6.17. The number of aromatic nitrogens is 1. The van der Waals surface area contributed by atoms with Crippen LogP contribution in [0.2, 0.25) is 5.15 Å². The normalized spacial score (nSPS) is 10.4. The van der Waals surface area contributed by atoms with E-state index < -0.39 is 0 Å². The Kier molecular flexibility index (Phi) is 3.56. The van der Waals surface area contributed by atoms with Gasteiger partial charge in [-0.25, -0.2) is 9.37 Å². The minimum absolute atomic E-state index is 0.280. The SMILES string of the molecule is Fc1cccc(-c2c(CBr)ccnc2Cl)c1. The molecule has 0 saturated heterocycles. The van der Waals surface area contributed by atoms with E-state index in [4.69, 9.17) is 11.6 Å². The van der Waals surface area contributed by atoms with E-state index in [9.17, 15) is 4.39 Å². The van der Waals surface area contributed by atoms with Crippen molar-refractivity contribution in [1.29, 1.82) is 0 Å². The fourth-order valence-electron chi connectivity index (χ4n) is 1.53. The largest absolute Gasteiger partial charge is 0.244 e. The zero-order chi connectivity index (χ0) is 11.5. The zero-order valence-electron chi connectivity index (χ0n) is 8.25. The van der Waals surface area contributed by atoms with E-state index in [1.165, 1.54) is 12.1 Å². The molecule has 1 aromatic carbocycles. The molecule has 0 amide bonds. The summed E-state index contributed by atoms with van der Waals surface area (Å²) in [5.41, 5.74) is 2.51. The van der Waals surface area contributed by atoms with Gasteiger partial charge in [-0.1, -0.05) is 39.7 Å². The Morgan fingerprint density at radius 3 is 2.81 bits per heavy atom. The molecule has 0 radical (unpaired) electrons. The van der Waals surface area contributed by atoms with Gasteiger partial charge in [-0.3, -0.25) is 0 Å². The minimum atomic E-state index is -0.280. The molecule has 0 bridgehead atoms. The van der Waals surface area contributed by atoms with E-state index in [0.717, 1.165) is 16.7 Å². The van der Waals surface area contributed by atoms with Crippen molar-refractivity contribution in [3.63, 3.8) is 0 Å². The predicted molar refractivity (Wildman–Crippen MR) is 67.3 cm³/mol. The Labute approximate surface area is 106 Å². The summed E-state index contributed by atoms with van der Waals surface area (Å²) in [6, 6.07) is 8.20. The van der Waals surface area contributed by atoms with Gasteiger partial charge in [-0.15, -0.1) is 0 Å². The highest BCUT2D eigenvalue weighted by molar-refractivity contribution is 9.08. The summed E-state index contributed by atoms with van der Waals surface area (Å²) < 4.78 is 13.1. The average molecular weight is 301 g/mol. The third kappa shape index (κ3) is 2.25. The topological polar surface area (TPSA) is 12.9 Å². The lowest BCUT2D eigenvalue weighted by Gasteiger charge is -2.08. The summed E-state index contributed by atoms with van der Waals surface area (Å²) >= 11 is 9.42. The van der Waals surface area contributed by atoms with E-state index in [2.05, 4.69) is 20.9 Å². The Hall–Kier alpha value is -0.930. The Morgan fingerprint density at radius 1 is 1.31 bits per heavy atom. The molecular weight excluding hydrogens is 292 g/mol. The maximum atomic E-state index is 13.1. The highest BCUT2D eigenvalue weighted by atomic mass is 79.9. The minimum Gasteiger partial charge on any atom is -0.244 e. The Morgan fingerprint density at radius 2 is 2.12 bits per heavy atom. The number of benzene rings is 1. The van der Waals surface area contributed by atoms with Gasteiger partial charge >= 0.3 is 0 Å². The number of rotatable bonds is 2. The maximum Gasteiger partial charge on any atom is 0.137 e. The van der Waals surface area contributed by atoms with Gasteiger partial charge < -0.3 is 0 Å². The first-order valence-electron chi connectivity index (χ1n) is 4.67. The van der Waals surface area contributed by atoms with Gasteiger partial charge in [0, 0.05) is 17.1 Å². The summed E-state index contributed by atoms with van der Waals surface area (Å²) in [5.74, 6) is -0.280. The van der Waals surface area contributed by atoms with Crippen LogP contribution in [0.1, 0.15) is 5.56 Å². The summed E-state index contributed by atoms with van der Waals surface area (Å²) in [4.78, 5) is 4.02. The van der Waals surface area contributed by atoms with E-state index in [1.807, 2.05) is 12.1 Å². The van der Waals surface area contributed by atoms with Crippen molar-refractivity contribution in [3.05, 3.63) is 53.1 Å². The first-order chi connectivity index (χ1) is 7.72. The van der Waals surface area contributed by atoms with Crippen LogP contribution in [0.15, 0.2) is 36.5 Å². The van der Waals surface area contributed by atoms with E-state index in [-0.39, 0.29) is 5.82 Å². The monoisotopic (exact) mass is 299 g/mol. The number of alkyl halides is 1. The third-order valence-corrected chi connectivity index (χ3v) is 3.14. The summed E-state index contributed by atoms with van der Waals surface area (Å²) in [6.07, 6.45) is 1.64. The van der Waals surface area contributed by atoms with Gasteiger partial charge in [0.2, 0.25) is 0 Å². The van der Waals surface area contributed by atoms with E-state index in [1.54, 1.807) is 12.3 Å². The van der Waals surface area contributed by atoms with E-state index >= 15 is 0 Å². The number of halogens is 3. The van der Waals surface area contributed by atoms with Crippen molar-refractivity contribution in [2.45, 2.75) is 5.33 Å². The summed E-state index contributed by atoms with van der Waals surface area (Å²) in [7, 11) is 0. The standard InChI is InChI=1S/C12H8BrClFN/c13-7-9-4-5-16-12(14)11(9)8-2-1-3-10(15)6-8/h1-6H,7H2. The Bertz CT molecular complexity index is 516. The molecule has 0 fully saturated rings. The lowest BCUT2D eigenvalue weighted by Crippen LogP contribution is -1.90. The highest BCUT2D eigenvalue weighted by Crippen LogP contribution is 2.31. The predicted octanol–water partition coefficient (Wildman–Crippen LogP) is 4.44. The lowest BCUT2D eigenvalue weighted by atomic mass is 10.0. The van der Waals surface area contributed by atoms with Crippen molar-refractivity contribution in [3.8, 4) is 11.1 Å². The molecule has 82 valence electrons. The molecule has 0 aliphatic rings. The fraction of sp³-hybridized carbons (Fsp3) is 0.0833. The molecule has 0 atom stereocenters. The van der Waals surface area contributed by atoms with Crippen LogP contribution in [-0.2, 0) is 5.33 Å². The summed E-state index contributed by atoms with van der Waals surface area (Å²) in [5, 5.41) is 1.05. The van der Waals surface area contributed by atoms with Crippen molar-refractivity contribution in [2.24, 2.45) is 0 Å². The first kappa shape index (κ1) is 11.6.